The molecule has 0 saturated carbocycles. The van der Waals surface area contributed by atoms with Crippen molar-refractivity contribution < 1.29 is 0 Å². The van der Waals surface area contributed by atoms with Crippen LogP contribution in [-0.4, -0.2) is 6.04 Å². The van der Waals surface area contributed by atoms with Gasteiger partial charge in [0, 0.05) is 22.6 Å². The van der Waals surface area contributed by atoms with E-state index in [-0.39, 0.29) is 6.04 Å². The molecule has 0 aliphatic heterocycles. The highest BCUT2D eigenvalue weighted by atomic mass is 35.5. The van der Waals surface area contributed by atoms with Gasteiger partial charge >= 0.3 is 0 Å². The molecule has 0 aliphatic carbocycles. The van der Waals surface area contributed by atoms with Gasteiger partial charge in [-0.05, 0) is 24.6 Å². The largest absolute Gasteiger partial charge is 0.307 e. The van der Waals surface area contributed by atoms with E-state index in [0.29, 0.717) is 10.0 Å². The Kier molecular flexibility index (Phi) is 4.46. The maximum atomic E-state index is 6.01. The molecule has 0 bridgehead atoms. The predicted octanol–water partition coefficient (Wildman–Crippen LogP) is 3.66. The second kappa shape index (κ2) is 5.40. The normalized spacial score (nSPS) is 12.5. The van der Waals surface area contributed by atoms with E-state index in [0.717, 1.165) is 12.1 Å². The number of hydrogen-bond donors (Lipinski definition) is 1. The number of hydrogen-bond acceptors (Lipinski definition) is 1. The van der Waals surface area contributed by atoms with Crippen molar-refractivity contribution in [2.45, 2.75) is 19.5 Å². The summed E-state index contributed by atoms with van der Waals surface area (Å²) in [4.78, 5) is 0. The van der Waals surface area contributed by atoms with Gasteiger partial charge in [-0.25, -0.2) is 0 Å². The van der Waals surface area contributed by atoms with E-state index in [1.807, 2.05) is 25.1 Å². The van der Waals surface area contributed by atoms with Gasteiger partial charge in [0.25, 0.3) is 0 Å². The van der Waals surface area contributed by atoms with Gasteiger partial charge in [0.15, 0.2) is 0 Å². The summed E-state index contributed by atoms with van der Waals surface area (Å²) in [6, 6.07) is 5.79. The molecule has 14 heavy (non-hydrogen) atoms. The van der Waals surface area contributed by atoms with Crippen LogP contribution in [0.1, 0.15) is 12.5 Å². The predicted molar refractivity (Wildman–Crippen MR) is 63.0 cm³/mol. The van der Waals surface area contributed by atoms with Gasteiger partial charge in [-0.15, -0.1) is 6.58 Å². The molecular weight excluding hydrogens is 217 g/mol. The van der Waals surface area contributed by atoms with Crippen molar-refractivity contribution >= 4 is 23.2 Å². The zero-order valence-electron chi connectivity index (χ0n) is 8.06. The summed E-state index contributed by atoms with van der Waals surface area (Å²) in [5.41, 5.74) is 1.05. The molecule has 0 radical (unpaired) electrons. The SMILES string of the molecule is C=CC(C)NCc1ccc(Cl)cc1Cl. The molecule has 1 nitrogen and oxygen atoms in total. The first-order valence-corrected chi connectivity index (χ1v) is 5.19. The third-order valence-corrected chi connectivity index (χ3v) is 2.57. The summed E-state index contributed by atoms with van der Waals surface area (Å²) in [5, 5.41) is 4.62. The first kappa shape index (κ1) is 11.6. The van der Waals surface area contributed by atoms with E-state index in [9.17, 15) is 0 Å². The molecule has 3 heteroatoms. The van der Waals surface area contributed by atoms with Gasteiger partial charge < -0.3 is 5.32 Å². The molecule has 1 N–H and O–H groups in total. The average Bonchev–Trinajstić information content (AvgIpc) is 2.16. The van der Waals surface area contributed by atoms with E-state index in [1.165, 1.54) is 0 Å². The van der Waals surface area contributed by atoms with Crippen molar-refractivity contribution in [1.82, 2.24) is 5.32 Å². The zero-order valence-corrected chi connectivity index (χ0v) is 9.57. The fourth-order valence-corrected chi connectivity index (χ4v) is 1.49. The number of halogens is 2. The van der Waals surface area contributed by atoms with E-state index in [1.54, 1.807) is 6.07 Å². The van der Waals surface area contributed by atoms with Gasteiger partial charge in [-0.1, -0.05) is 35.3 Å². The van der Waals surface area contributed by atoms with E-state index < -0.39 is 0 Å². The minimum Gasteiger partial charge on any atom is -0.307 e. The molecule has 1 atom stereocenters. The van der Waals surface area contributed by atoms with Crippen molar-refractivity contribution in [3.8, 4) is 0 Å². The van der Waals surface area contributed by atoms with Gasteiger partial charge in [0.05, 0.1) is 0 Å². The Labute approximate surface area is 94.7 Å². The maximum Gasteiger partial charge on any atom is 0.0465 e. The molecular formula is C11H13Cl2N. The number of rotatable bonds is 4. The molecule has 1 rings (SSSR count). The lowest BCUT2D eigenvalue weighted by Gasteiger charge is -2.10. The van der Waals surface area contributed by atoms with Crippen molar-refractivity contribution in [2.24, 2.45) is 0 Å². The lowest BCUT2D eigenvalue weighted by Crippen LogP contribution is -2.22. The summed E-state index contributed by atoms with van der Waals surface area (Å²) in [6.45, 7) is 6.46. The summed E-state index contributed by atoms with van der Waals surface area (Å²) in [7, 11) is 0. The second-order valence-electron chi connectivity index (χ2n) is 3.14. The van der Waals surface area contributed by atoms with Crippen molar-refractivity contribution in [3.63, 3.8) is 0 Å². The number of benzene rings is 1. The summed E-state index contributed by atoms with van der Waals surface area (Å²) < 4.78 is 0. The highest BCUT2D eigenvalue weighted by Gasteiger charge is 2.01. The third kappa shape index (κ3) is 3.33. The molecule has 0 spiro atoms. The van der Waals surface area contributed by atoms with Crippen molar-refractivity contribution in [2.75, 3.05) is 0 Å². The lowest BCUT2D eigenvalue weighted by molar-refractivity contribution is 0.634. The second-order valence-corrected chi connectivity index (χ2v) is 3.98. The minimum atomic E-state index is 0.279. The van der Waals surface area contributed by atoms with Crippen LogP contribution in [0.25, 0.3) is 0 Å². The van der Waals surface area contributed by atoms with Crippen LogP contribution in [0, 0.1) is 0 Å². The summed E-state index contributed by atoms with van der Waals surface area (Å²) in [5.74, 6) is 0. The Morgan fingerprint density at radius 1 is 1.50 bits per heavy atom. The molecule has 0 aliphatic rings. The molecule has 76 valence electrons. The Bertz CT molecular complexity index is 323. The summed E-state index contributed by atoms with van der Waals surface area (Å²) >= 11 is 11.8. The van der Waals surface area contributed by atoms with Gasteiger partial charge in [0.2, 0.25) is 0 Å². The van der Waals surface area contributed by atoms with Crippen LogP contribution < -0.4 is 5.32 Å². The topological polar surface area (TPSA) is 12.0 Å². The molecule has 0 fully saturated rings. The van der Waals surface area contributed by atoms with Crippen LogP contribution in [0.15, 0.2) is 30.9 Å². The molecule has 0 amide bonds. The Hall–Kier alpha value is -0.500. The summed E-state index contributed by atoms with van der Waals surface area (Å²) in [6.07, 6.45) is 1.85. The first-order chi connectivity index (χ1) is 6.63. The lowest BCUT2D eigenvalue weighted by atomic mass is 10.2. The van der Waals surface area contributed by atoms with E-state index in [2.05, 4.69) is 11.9 Å². The number of nitrogens with one attached hydrogen (secondary N) is 1. The highest BCUT2D eigenvalue weighted by molar-refractivity contribution is 6.35. The first-order valence-electron chi connectivity index (χ1n) is 4.43. The highest BCUT2D eigenvalue weighted by Crippen LogP contribution is 2.20. The Balaban J connectivity index is 2.63. The molecule has 1 unspecified atom stereocenters. The smallest absolute Gasteiger partial charge is 0.0465 e. The molecule has 0 heterocycles. The van der Waals surface area contributed by atoms with Crippen LogP contribution >= 0.6 is 23.2 Å². The Morgan fingerprint density at radius 3 is 2.79 bits per heavy atom. The molecule has 0 saturated heterocycles. The average molecular weight is 230 g/mol. The Morgan fingerprint density at radius 2 is 2.21 bits per heavy atom. The fraction of sp³-hybridized carbons (Fsp3) is 0.273. The van der Waals surface area contributed by atoms with Crippen LogP contribution in [-0.2, 0) is 6.54 Å². The van der Waals surface area contributed by atoms with Crippen LogP contribution in [0.2, 0.25) is 10.0 Å². The third-order valence-electron chi connectivity index (χ3n) is 1.98. The van der Waals surface area contributed by atoms with E-state index >= 15 is 0 Å². The maximum absolute atomic E-state index is 6.01. The standard InChI is InChI=1S/C11H13Cl2N/c1-3-8(2)14-7-9-4-5-10(12)6-11(9)13/h3-6,8,14H,1,7H2,2H3. The molecule has 0 aromatic heterocycles. The van der Waals surface area contributed by atoms with Crippen LogP contribution in [0.4, 0.5) is 0 Å². The fourth-order valence-electron chi connectivity index (χ4n) is 1.02. The minimum absolute atomic E-state index is 0.279. The molecule has 1 aromatic carbocycles. The quantitative estimate of drug-likeness (QED) is 0.778. The zero-order chi connectivity index (χ0) is 10.6. The van der Waals surface area contributed by atoms with Crippen molar-refractivity contribution in [3.05, 3.63) is 46.5 Å². The van der Waals surface area contributed by atoms with Gasteiger partial charge in [-0.2, -0.15) is 0 Å². The van der Waals surface area contributed by atoms with Crippen LogP contribution in [0.3, 0.4) is 0 Å². The van der Waals surface area contributed by atoms with Gasteiger partial charge in [0.1, 0.15) is 0 Å². The monoisotopic (exact) mass is 229 g/mol. The van der Waals surface area contributed by atoms with Gasteiger partial charge in [-0.3, -0.25) is 0 Å². The van der Waals surface area contributed by atoms with E-state index in [4.69, 9.17) is 23.2 Å². The van der Waals surface area contributed by atoms with Crippen molar-refractivity contribution in [1.29, 1.82) is 0 Å². The molecule has 1 aromatic rings. The van der Waals surface area contributed by atoms with Crippen LogP contribution in [0.5, 0.6) is 0 Å².